The number of nitrogens with zero attached hydrogens (tertiary/aromatic N) is 4. The van der Waals surface area contributed by atoms with Crippen LogP contribution in [0.1, 0.15) is 31.7 Å². The topological polar surface area (TPSA) is 70.7 Å². The molecule has 0 aliphatic carbocycles. The lowest BCUT2D eigenvalue weighted by molar-refractivity contribution is -0.133. The summed E-state index contributed by atoms with van der Waals surface area (Å²) < 4.78 is 15.4. The van der Waals surface area contributed by atoms with Crippen LogP contribution in [0.15, 0.2) is 54.7 Å². The first-order valence-corrected chi connectivity index (χ1v) is 10.8. The Morgan fingerprint density at radius 2 is 1.75 bits per heavy atom. The van der Waals surface area contributed by atoms with Gasteiger partial charge in [-0.1, -0.05) is 44.2 Å². The number of carbonyl (C=O) groups excluding carboxylic acids is 1. The molecule has 0 unspecified atom stereocenters. The van der Waals surface area contributed by atoms with Gasteiger partial charge in [-0.05, 0) is 18.2 Å². The standard InChI is InChI=1S/C25H24N4O3/c1-4-21-27-24-23(25-26-17-11-7-8-12-18(17)29(21)25)20(32-22(30)5-2)15-28(24)14-16-10-6-9-13-19(16)31-3/h6-13,15H,4-5,14H2,1-3H3. The van der Waals surface area contributed by atoms with Crippen molar-refractivity contribution < 1.29 is 14.3 Å². The molecule has 0 atom stereocenters. The van der Waals surface area contributed by atoms with Crippen molar-refractivity contribution in [3.05, 3.63) is 66.1 Å². The Kier molecular flexibility index (Phi) is 5.01. The molecule has 2 aromatic carbocycles. The van der Waals surface area contributed by atoms with Crippen molar-refractivity contribution in [1.29, 1.82) is 0 Å². The van der Waals surface area contributed by atoms with E-state index in [1.54, 1.807) is 14.0 Å². The van der Waals surface area contributed by atoms with Crippen LogP contribution in [0.3, 0.4) is 0 Å². The number of aromatic nitrogens is 4. The molecule has 0 aliphatic rings. The molecule has 0 spiro atoms. The van der Waals surface area contributed by atoms with Gasteiger partial charge in [0.15, 0.2) is 11.4 Å². The third kappa shape index (κ3) is 3.17. The lowest BCUT2D eigenvalue weighted by Gasteiger charge is -2.11. The molecule has 0 N–H and O–H groups in total. The minimum atomic E-state index is -0.296. The third-order valence-corrected chi connectivity index (χ3v) is 5.65. The number of hydrogen-bond acceptors (Lipinski definition) is 5. The summed E-state index contributed by atoms with van der Waals surface area (Å²) in [5.41, 5.74) is 4.34. The highest BCUT2D eigenvalue weighted by molar-refractivity contribution is 6.01. The van der Waals surface area contributed by atoms with Crippen molar-refractivity contribution >= 4 is 33.7 Å². The van der Waals surface area contributed by atoms with Crippen LogP contribution in [0.4, 0.5) is 0 Å². The van der Waals surface area contributed by atoms with E-state index in [4.69, 9.17) is 19.4 Å². The molecule has 7 nitrogen and oxygen atoms in total. The summed E-state index contributed by atoms with van der Waals surface area (Å²) in [7, 11) is 1.66. The van der Waals surface area contributed by atoms with Crippen molar-refractivity contribution in [1.82, 2.24) is 18.9 Å². The molecular weight excluding hydrogens is 404 g/mol. The fraction of sp³-hybridized carbons (Fsp3) is 0.240. The number of carbonyl (C=O) groups is 1. The van der Waals surface area contributed by atoms with Gasteiger partial charge in [-0.25, -0.2) is 9.97 Å². The predicted octanol–water partition coefficient (Wildman–Crippen LogP) is 4.77. The molecule has 0 fully saturated rings. The predicted molar refractivity (Wildman–Crippen MR) is 123 cm³/mol. The van der Waals surface area contributed by atoms with Gasteiger partial charge < -0.3 is 14.0 Å². The summed E-state index contributed by atoms with van der Waals surface area (Å²) in [6.07, 6.45) is 2.86. The fourth-order valence-electron chi connectivity index (χ4n) is 4.13. The Morgan fingerprint density at radius 3 is 2.53 bits per heavy atom. The van der Waals surface area contributed by atoms with Crippen LogP contribution in [0.2, 0.25) is 0 Å². The molecule has 0 saturated carbocycles. The van der Waals surface area contributed by atoms with E-state index < -0.39 is 0 Å². The number of hydrogen-bond donors (Lipinski definition) is 0. The average molecular weight is 428 g/mol. The second-order valence-electron chi connectivity index (χ2n) is 7.60. The lowest BCUT2D eigenvalue weighted by Crippen LogP contribution is -2.06. The van der Waals surface area contributed by atoms with Crippen LogP contribution in [0.25, 0.3) is 27.7 Å². The van der Waals surface area contributed by atoms with Crippen LogP contribution in [-0.4, -0.2) is 32.0 Å². The number of rotatable bonds is 6. The third-order valence-electron chi connectivity index (χ3n) is 5.65. The van der Waals surface area contributed by atoms with Crippen LogP contribution >= 0.6 is 0 Å². The van der Waals surface area contributed by atoms with Gasteiger partial charge in [-0.15, -0.1) is 0 Å². The number of para-hydroxylation sites is 3. The highest BCUT2D eigenvalue weighted by Crippen LogP contribution is 2.34. The minimum absolute atomic E-state index is 0.284. The second-order valence-corrected chi connectivity index (χ2v) is 7.60. The normalized spacial score (nSPS) is 11.5. The van der Waals surface area contributed by atoms with Crippen LogP contribution in [-0.2, 0) is 17.8 Å². The Balaban J connectivity index is 1.82. The zero-order chi connectivity index (χ0) is 22.2. The van der Waals surface area contributed by atoms with Gasteiger partial charge in [0.05, 0.1) is 24.7 Å². The SMILES string of the molecule is CCC(=O)Oc1cn(Cc2ccccc2OC)c2nc(CC)n3c4ccccc4nc3c12. The summed E-state index contributed by atoms with van der Waals surface area (Å²) in [5, 5.41) is 0.732. The summed E-state index contributed by atoms with van der Waals surface area (Å²) in [4.78, 5) is 22.1. The highest BCUT2D eigenvalue weighted by Gasteiger charge is 2.22. The van der Waals surface area contributed by atoms with Gasteiger partial charge in [-0.2, -0.15) is 0 Å². The molecule has 5 aromatic rings. The van der Waals surface area contributed by atoms with Crippen LogP contribution < -0.4 is 9.47 Å². The quantitative estimate of drug-likeness (QED) is 0.364. The van der Waals surface area contributed by atoms with Crippen molar-refractivity contribution in [3.8, 4) is 11.5 Å². The number of aryl methyl sites for hydroxylation is 1. The van der Waals surface area contributed by atoms with Gasteiger partial charge in [0, 0.05) is 24.6 Å². The van der Waals surface area contributed by atoms with Crippen molar-refractivity contribution in [3.63, 3.8) is 0 Å². The summed E-state index contributed by atoms with van der Waals surface area (Å²) in [5.74, 6) is 1.87. The largest absolute Gasteiger partial charge is 0.496 e. The van der Waals surface area contributed by atoms with Gasteiger partial charge in [0.2, 0.25) is 0 Å². The number of esters is 1. The molecule has 32 heavy (non-hydrogen) atoms. The summed E-state index contributed by atoms with van der Waals surface area (Å²) >= 11 is 0. The Hall–Kier alpha value is -3.87. The van der Waals surface area contributed by atoms with E-state index in [-0.39, 0.29) is 12.4 Å². The maximum absolute atomic E-state index is 12.2. The molecular formula is C25H24N4O3. The van der Waals surface area contributed by atoms with Gasteiger partial charge >= 0.3 is 5.97 Å². The van der Waals surface area contributed by atoms with E-state index in [0.29, 0.717) is 12.3 Å². The van der Waals surface area contributed by atoms with Crippen molar-refractivity contribution in [2.45, 2.75) is 33.2 Å². The number of ether oxygens (including phenoxy) is 2. The lowest BCUT2D eigenvalue weighted by atomic mass is 10.2. The molecule has 0 bridgehead atoms. The smallest absolute Gasteiger partial charge is 0.310 e. The van der Waals surface area contributed by atoms with Crippen molar-refractivity contribution in [2.75, 3.05) is 7.11 Å². The molecule has 3 heterocycles. The summed E-state index contributed by atoms with van der Waals surface area (Å²) in [6.45, 7) is 4.38. The molecule has 3 aromatic heterocycles. The molecule has 0 radical (unpaired) electrons. The van der Waals surface area contributed by atoms with E-state index >= 15 is 0 Å². The van der Waals surface area contributed by atoms with E-state index in [1.165, 1.54) is 0 Å². The Labute approximate surface area is 185 Å². The average Bonchev–Trinajstić information content (AvgIpc) is 3.37. The summed E-state index contributed by atoms with van der Waals surface area (Å²) in [6, 6.07) is 15.8. The fourth-order valence-corrected chi connectivity index (χ4v) is 4.13. The van der Waals surface area contributed by atoms with E-state index in [0.717, 1.165) is 51.3 Å². The van der Waals surface area contributed by atoms with E-state index in [2.05, 4.69) is 11.3 Å². The van der Waals surface area contributed by atoms with E-state index in [1.807, 2.05) is 59.3 Å². The van der Waals surface area contributed by atoms with Gasteiger partial charge in [-0.3, -0.25) is 9.20 Å². The minimum Gasteiger partial charge on any atom is -0.496 e. The molecule has 0 aliphatic heterocycles. The Bertz CT molecular complexity index is 1460. The molecule has 7 heteroatoms. The van der Waals surface area contributed by atoms with Gasteiger partial charge in [0.25, 0.3) is 0 Å². The Morgan fingerprint density at radius 1 is 0.969 bits per heavy atom. The van der Waals surface area contributed by atoms with Crippen molar-refractivity contribution in [2.24, 2.45) is 0 Å². The maximum atomic E-state index is 12.2. The number of methoxy groups -OCH3 is 1. The first-order chi connectivity index (χ1) is 15.6. The molecule has 0 saturated heterocycles. The first kappa shape index (κ1) is 20.1. The monoisotopic (exact) mass is 428 g/mol. The van der Waals surface area contributed by atoms with Gasteiger partial charge in [0.1, 0.15) is 22.6 Å². The van der Waals surface area contributed by atoms with E-state index in [9.17, 15) is 4.79 Å². The van der Waals surface area contributed by atoms with Crippen LogP contribution in [0, 0.1) is 0 Å². The number of benzene rings is 2. The molecule has 162 valence electrons. The first-order valence-electron chi connectivity index (χ1n) is 10.8. The molecule has 0 amide bonds. The number of fused-ring (bicyclic) bond motifs is 5. The second kappa shape index (κ2) is 8.00. The molecule has 5 rings (SSSR count). The number of imidazole rings is 1. The zero-order valence-corrected chi connectivity index (χ0v) is 18.3. The highest BCUT2D eigenvalue weighted by atomic mass is 16.5. The van der Waals surface area contributed by atoms with Crippen LogP contribution in [0.5, 0.6) is 11.5 Å². The maximum Gasteiger partial charge on any atom is 0.310 e. The zero-order valence-electron chi connectivity index (χ0n) is 18.3.